The van der Waals surface area contributed by atoms with Crippen LogP contribution in [0.1, 0.15) is 59.4 Å². The molecular weight excluding hydrogens is 498 g/mol. The summed E-state index contributed by atoms with van der Waals surface area (Å²) in [7, 11) is -3.77. The van der Waals surface area contributed by atoms with Gasteiger partial charge in [0.05, 0.1) is 17.7 Å². The smallest absolute Gasteiger partial charge is 0.420 e. The van der Waals surface area contributed by atoms with E-state index in [1.54, 1.807) is 47.9 Å². The maximum atomic E-state index is 12.7. The lowest BCUT2D eigenvalue weighted by atomic mass is 10.0. The summed E-state index contributed by atoms with van der Waals surface area (Å²) in [6, 6.07) is 11.4. The van der Waals surface area contributed by atoms with Crippen molar-refractivity contribution in [3.63, 3.8) is 0 Å². The molecule has 37 heavy (non-hydrogen) atoms. The summed E-state index contributed by atoms with van der Waals surface area (Å²) in [6.07, 6.45) is 2.80. The highest BCUT2D eigenvalue weighted by molar-refractivity contribution is 7.90. The predicted octanol–water partition coefficient (Wildman–Crippen LogP) is 3.03. The van der Waals surface area contributed by atoms with E-state index in [4.69, 9.17) is 9.15 Å². The molecule has 0 N–H and O–H groups in total. The number of ether oxygens (including phenoxy) is 1. The van der Waals surface area contributed by atoms with Crippen LogP contribution in [-0.2, 0) is 14.8 Å². The van der Waals surface area contributed by atoms with Gasteiger partial charge in [-0.3, -0.25) is 9.36 Å². The largest absolute Gasteiger partial charge is 0.462 e. The Morgan fingerprint density at radius 3 is 2.49 bits per heavy atom. The molecule has 1 amide bonds. The van der Waals surface area contributed by atoms with Crippen LogP contribution in [0.5, 0.6) is 0 Å². The zero-order valence-electron chi connectivity index (χ0n) is 20.6. The Bertz CT molecular complexity index is 1500. The molecule has 11 heteroatoms. The molecule has 0 unspecified atom stereocenters. The molecule has 3 heterocycles. The molecule has 5 rings (SSSR count). The average molecular weight is 528 g/mol. The first-order valence-corrected chi connectivity index (χ1v) is 14.0. The molecule has 1 saturated heterocycles. The average Bonchev–Trinajstić information content (AvgIpc) is 3.33. The summed E-state index contributed by atoms with van der Waals surface area (Å²) >= 11 is 0. The van der Waals surface area contributed by atoms with Crippen LogP contribution >= 0.6 is 0 Å². The number of aromatic nitrogens is 1. The van der Waals surface area contributed by atoms with Gasteiger partial charge in [0.25, 0.3) is 15.9 Å². The van der Waals surface area contributed by atoms with Gasteiger partial charge < -0.3 is 14.1 Å². The molecule has 10 nitrogen and oxygen atoms in total. The van der Waals surface area contributed by atoms with E-state index in [1.165, 1.54) is 6.07 Å². The molecule has 1 fully saturated rings. The summed E-state index contributed by atoms with van der Waals surface area (Å²) in [6.45, 7) is 4.43. The molecule has 3 aromatic rings. The molecule has 0 radical (unpaired) electrons. The van der Waals surface area contributed by atoms with Gasteiger partial charge in [0, 0.05) is 25.7 Å². The van der Waals surface area contributed by atoms with Crippen LogP contribution in [0.15, 0.2) is 56.6 Å². The van der Waals surface area contributed by atoms with Gasteiger partial charge in [-0.15, -0.1) is 0 Å². The maximum absolute atomic E-state index is 12.7. The number of amides is 1. The van der Waals surface area contributed by atoms with E-state index in [0.29, 0.717) is 11.9 Å². The third-order valence-corrected chi connectivity index (χ3v) is 8.90. The molecular formula is C26H29N3O7S. The predicted molar refractivity (Wildman–Crippen MR) is 135 cm³/mol. The molecule has 0 bridgehead atoms. The monoisotopic (exact) mass is 527 g/mol. The lowest BCUT2D eigenvalue weighted by molar-refractivity contribution is 0.0527. The van der Waals surface area contributed by atoms with Crippen molar-refractivity contribution < 1.29 is 27.2 Å². The number of likely N-dealkylation sites (tertiary alicyclic amines) is 1. The Morgan fingerprint density at radius 1 is 1.03 bits per heavy atom. The fourth-order valence-electron chi connectivity index (χ4n) is 5.22. The number of unbranched alkanes of at least 4 members (excludes halogenated alkanes) is 1. The number of piperidine rings is 1. The number of esters is 1. The van der Waals surface area contributed by atoms with Gasteiger partial charge in [-0.2, -0.15) is 0 Å². The van der Waals surface area contributed by atoms with Gasteiger partial charge in [-0.05, 0) is 63.4 Å². The summed E-state index contributed by atoms with van der Waals surface area (Å²) in [5, 5.41) is 0. The van der Waals surface area contributed by atoms with Gasteiger partial charge in [-0.25, -0.2) is 22.3 Å². The van der Waals surface area contributed by atoms with Gasteiger partial charge >= 0.3 is 11.7 Å². The molecule has 2 aliphatic rings. The molecule has 1 aromatic heterocycles. The van der Waals surface area contributed by atoms with Crippen molar-refractivity contribution in [2.45, 2.75) is 43.5 Å². The zero-order valence-corrected chi connectivity index (χ0v) is 21.4. The van der Waals surface area contributed by atoms with E-state index < -0.39 is 27.7 Å². The molecule has 0 aliphatic carbocycles. The third kappa shape index (κ3) is 4.57. The first-order chi connectivity index (χ1) is 17.8. The molecule has 196 valence electrons. The first kappa shape index (κ1) is 25.2. The third-order valence-electron chi connectivity index (χ3n) is 7.06. The fourth-order valence-corrected chi connectivity index (χ4v) is 6.82. The van der Waals surface area contributed by atoms with E-state index in [1.807, 2.05) is 0 Å². The van der Waals surface area contributed by atoms with Gasteiger partial charge in [0.2, 0.25) is 0 Å². The lowest BCUT2D eigenvalue weighted by Crippen LogP contribution is -2.37. The number of nitrogens with zero attached hydrogens (tertiary/aromatic N) is 3. The summed E-state index contributed by atoms with van der Waals surface area (Å²) < 4.78 is 38.5. The highest BCUT2D eigenvalue weighted by atomic mass is 32.2. The number of hydrogen-bond donors (Lipinski definition) is 0. The quantitative estimate of drug-likeness (QED) is 0.324. The van der Waals surface area contributed by atoms with Crippen LogP contribution in [0.2, 0.25) is 0 Å². The summed E-state index contributed by atoms with van der Waals surface area (Å²) in [4.78, 5) is 39.9. The van der Waals surface area contributed by atoms with Crippen LogP contribution in [0, 0.1) is 0 Å². The number of oxazole rings is 1. The molecule has 0 atom stereocenters. The number of para-hydroxylation sites is 1. The van der Waals surface area contributed by atoms with Crippen LogP contribution in [0.3, 0.4) is 0 Å². The van der Waals surface area contributed by atoms with E-state index >= 15 is 0 Å². The van der Waals surface area contributed by atoms with Crippen molar-refractivity contribution in [2.24, 2.45) is 0 Å². The number of sulfonamides is 1. The van der Waals surface area contributed by atoms with Gasteiger partial charge in [0.1, 0.15) is 10.5 Å². The van der Waals surface area contributed by atoms with Crippen molar-refractivity contribution >= 4 is 33.0 Å². The number of hydrogen-bond acceptors (Lipinski definition) is 8. The first-order valence-electron chi connectivity index (χ1n) is 12.5. The normalized spacial score (nSPS) is 17.9. The molecule has 2 aliphatic heterocycles. The standard InChI is InChI=1S/C26H29N3O7S/c1-2-35-25(31)20-9-7-10-21-23(20)36-26(32)29(21)18-12-16-27(17-13-18)14-5-6-15-28-24(30)19-8-3-4-11-22(19)37(28,33)34/h3-4,7-11,18H,2,5-6,12-17H2,1H3. The highest BCUT2D eigenvalue weighted by Gasteiger charge is 2.40. The summed E-state index contributed by atoms with van der Waals surface area (Å²) in [5.74, 6) is -1.46. The Balaban J connectivity index is 1.16. The minimum Gasteiger partial charge on any atom is -0.462 e. The van der Waals surface area contributed by atoms with Crippen molar-refractivity contribution in [1.29, 1.82) is 0 Å². The number of carbonyl (C=O) groups is 2. The second-order valence-corrected chi connectivity index (χ2v) is 11.1. The number of carbonyl (C=O) groups excluding carboxylic acids is 2. The zero-order chi connectivity index (χ0) is 26.2. The van der Waals surface area contributed by atoms with E-state index in [-0.39, 0.29) is 40.8 Å². The Morgan fingerprint density at radius 2 is 1.76 bits per heavy atom. The van der Waals surface area contributed by atoms with E-state index in [0.717, 1.165) is 43.2 Å². The Labute approximate surface area is 214 Å². The van der Waals surface area contributed by atoms with Crippen molar-refractivity contribution in [1.82, 2.24) is 13.8 Å². The molecule has 0 spiro atoms. The van der Waals surface area contributed by atoms with Gasteiger partial charge in [-0.1, -0.05) is 18.2 Å². The van der Waals surface area contributed by atoms with E-state index in [9.17, 15) is 22.8 Å². The Hall–Kier alpha value is -3.44. The maximum Gasteiger partial charge on any atom is 0.420 e. The SMILES string of the molecule is CCOC(=O)c1cccc2c1oc(=O)n2C1CCN(CCCCN2C(=O)c3ccccc3S2(=O)=O)CC1. The van der Waals surface area contributed by atoms with E-state index in [2.05, 4.69) is 4.90 Å². The Kier molecular flexibility index (Phi) is 6.91. The second-order valence-electron chi connectivity index (χ2n) is 9.27. The van der Waals surface area contributed by atoms with Crippen LogP contribution in [0.4, 0.5) is 0 Å². The van der Waals surface area contributed by atoms with Crippen molar-refractivity contribution in [2.75, 3.05) is 32.8 Å². The minimum absolute atomic E-state index is 0.0479. The molecule has 2 aromatic carbocycles. The fraction of sp³-hybridized carbons (Fsp3) is 0.423. The van der Waals surface area contributed by atoms with Crippen LogP contribution < -0.4 is 5.76 Å². The highest BCUT2D eigenvalue weighted by Crippen LogP contribution is 2.31. The number of rotatable bonds is 8. The lowest BCUT2D eigenvalue weighted by Gasteiger charge is -2.32. The van der Waals surface area contributed by atoms with Crippen LogP contribution in [-0.4, -0.2) is 66.9 Å². The number of benzene rings is 2. The number of fused-ring (bicyclic) bond motifs is 2. The van der Waals surface area contributed by atoms with Crippen LogP contribution in [0.25, 0.3) is 11.1 Å². The minimum atomic E-state index is -3.77. The summed E-state index contributed by atoms with van der Waals surface area (Å²) in [5.41, 5.74) is 1.32. The van der Waals surface area contributed by atoms with Crippen molar-refractivity contribution in [3.05, 3.63) is 64.1 Å². The molecule has 0 saturated carbocycles. The van der Waals surface area contributed by atoms with Crippen molar-refractivity contribution in [3.8, 4) is 0 Å². The second kappa shape index (κ2) is 10.1. The topological polar surface area (TPSA) is 119 Å². The van der Waals surface area contributed by atoms with Gasteiger partial charge in [0.15, 0.2) is 5.58 Å².